The van der Waals surface area contributed by atoms with Crippen molar-refractivity contribution in [1.29, 1.82) is 0 Å². The maximum absolute atomic E-state index is 11.3. The summed E-state index contributed by atoms with van der Waals surface area (Å²) in [6.07, 6.45) is 0.286. The largest absolute Gasteiger partial charge is 0.369 e. The van der Waals surface area contributed by atoms with E-state index in [0.29, 0.717) is 0 Å². The maximum Gasteiger partial charge on any atom is 0.221 e. The summed E-state index contributed by atoms with van der Waals surface area (Å²) >= 11 is 0. The molecule has 0 spiro atoms. The van der Waals surface area contributed by atoms with E-state index in [1.807, 2.05) is 6.07 Å². The first-order valence-electron chi connectivity index (χ1n) is 6.68. The second kappa shape index (κ2) is 3.94. The van der Waals surface area contributed by atoms with Crippen LogP contribution in [0.15, 0.2) is 54.6 Å². The Labute approximate surface area is 116 Å². The van der Waals surface area contributed by atoms with Crippen molar-refractivity contribution in [2.45, 2.75) is 6.42 Å². The summed E-state index contributed by atoms with van der Waals surface area (Å²) in [6, 6.07) is 18.9. The lowest BCUT2D eigenvalue weighted by Gasteiger charge is -2.13. The Balaban J connectivity index is 2.23. The van der Waals surface area contributed by atoms with E-state index in [0.717, 1.165) is 10.9 Å². The Kier molecular flexibility index (Phi) is 2.21. The topological polar surface area (TPSA) is 43.1 Å². The number of carbonyl (C=O) groups is 1. The van der Waals surface area contributed by atoms with Gasteiger partial charge in [0.25, 0.3) is 0 Å². The lowest BCUT2D eigenvalue weighted by Crippen LogP contribution is -2.13. The summed E-state index contributed by atoms with van der Waals surface area (Å²) in [4.78, 5) is 11.3. The van der Waals surface area contributed by atoms with Crippen molar-refractivity contribution >= 4 is 38.2 Å². The highest BCUT2D eigenvalue weighted by atomic mass is 16.1. The van der Waals surface area contributed by atoms with Crippen molar-refractivity contribution < 1.29 is 4.79 Å². The molecular weight excluding hydrogens is 246 g/mol. The van der Waals surface area contributed by atoms with Gasteiger partial charge in [0.2, 0.25) is 5.91 Å². The molecule has 0 saturated heterocycles. The Hall–Kier alpha value is -2.61. The number of hydrogen-bond acceptors (Lipinski definition) is 1. The van der Waals surface area contributed by atoms with Crippen molar-refractivity contribution in [2.75, 3.05) is 0 Å². The first kappa shape index (κ1) is 11.2. The van der Waals surface area contributed by atoms with Gasteiger partial charge in [0.1, 0.15) is 0 Å². The number of hydrogen-bond donors (Lipinski definition) is 1. The van der Waals surface area contributed by atoms with Crippen molar-refractivity contribution in [3.8, 4) is 0 Å². The second-order valence-electron chi connectivity index (χ2n) is 5.22. The standard InChI is InChI=1S/C18H13NO/c19-16(20)10-14-7-6-13-5-4-11-2-1-3-12-8-9-15(14)18(13)17(11)12/h1-9H,10H2,(H2,19,20). The third-order valence-corrected chi connectivity index (χ3v) is 3.98. The lowest BCUT2D eigenvalue weighted by molar-refractivity contribution is -0.117. The molecule has 2 nitrogen and oxygen atoms in total. The summed E-state index contributed by atoms with van der Waals surface area (Å²) in [5.41, 5.74) is 6.36. The fraction of sp³-hybridized carbons (Fsp3) is 0.0556. The van der Waals surface area contributed by atoms with Gasteiger partial charge in [-0.15, -0.1) is 0 Å². The molecule has 0 aromatic heterocycles. The molecule has 0 unspecified atom stereocenters. The predicted molar refractivity (Wildman–Crippen MR) is 83.0 cm³/mol. The molecule has 0 heterocycles. The van der Waals surface area contributed by atoms with Gasteiger partial charge < -0.3 is 5.73 Å². The van der Waals surface area contributed by atoms with Crippen LogP contribution in [0.1, 0.15) is 5.56 Å². The van der Waals surface area contributed by atoms with Crippen LogP contribution >= 0.6 is 0 Å². The van der Waals surface area contributed by atoms with Gasteiger partial charge in [-0.25, -0.2) is 0 Å². The molecule has 2 heteroatoms. The van der Waals surface area contributed by atoms with Crippen LogP contribution in [0, 0.1) is 0 Å². The molecule has 4 aromatic rings. The number of benzene rings is 4. The molecular formula is C18H13NO. The summed E-state index contributed by atoms with van der Waals surface area (Å²) in [5.74, 6) is -0.292. The zero-order chi connectivity index (χ0) is 13.7. The molecule has 0 aliphatic carbocycles. The monoisotopic (exact) mass is 259 g/mol. The Morgan fingerprint density at radius 2 is 1.40 bits per heavy atom. The smallest absolute Gasteiger partial charge is 0.221 e. The SMILES string of the molecule is NC(=O)Cc1ccc2ccc3cccc4ccc1c2c34. The number of rotatable bonds is 2. The van der Waals surface area contributed by atoms with Crippen LogP contribution in [0.3, 0.4) is 0 Å². The molecule has 0 bridgehead atoms. The third-order valence-electron chi connectivity index (χ3n) is 3.98. The van der Waals surface area contributed by atoms with Gasteiger partial charge in [0.05, 0.1) is 6.42 Å². The van der Waals surface area contributed by atoms with E-state index in [9.17, 15) is 4.79 Å². The first-order valence-corrected chi connectivity index (χ1v) is 6.68. The minimum atomic E-state index is -0.292. The van der Waals surface area contributed by atoms with Gasteiger partial charge >= 0.3 is 0 Å². The highest BCUT2D eigenvalue weighted by molar-refractivity contribution is 6.23. The van der Waals surface area contributed by atoms with Crippen LogP contribution in [0.25, 0.3) is 32.3 Å². The van der Waals surface area contributed by atoms with E-state index in [-0.39, 0.29) is 12.3 Å². The third kappa shape index (κ3) is 1.48. The number of carbonyl (C=O) groups excluding carboxylic acids is 1. The zero-order valence-electron chi connectivity index (χ0n) is 10.9. The molecule has 4 aromatic carbocycles. The Morgan fingerprint density at radius 1 is 0.800 bits per heavy atom. The maximum atomic E-state index is 11.3. The van der Waals surface area contributed by atoms with Gasteiger partial charge in [-0.2, -0.15) is 0 Å². The van der Waals surface area contributed by atoms with Crippen molar-refractivity contribution in [3.05, 3.63) is 60.2 Å². The minimum absolute atomic E-state index is 0.286. The lowest BCUT2D eigenvalue weighted by atomic mass is 9.91. The Morgan fingerprint density at radius 3 is 2.10 bits per heavy atom. The molecule has 0 aliphatic heterocycles. The summed E-state index contributed by atoms with van der Waals surface area (Å²) < 4.78 is 0. The van der Waals surface area contributed by atoms with Gasteiger partial charge in [-0.05, 0) is 37.9 Å². The van der Waals surface area contributed by atoms with Crippen LogP contribution in [-0.4, -0.2) is 5.91 Å². The van der Waals surface area contributed by atoms with E-state index < -0.39 is 0 Å². The second-order valence-corrected chi connectivity index (χ2v) is 5.22. The van der Waals surface area contributed by atoms with Crippen LogP contribution < -0.4 is 5.73 Å². The quantitative estimate of drug-likeness (QED) is 0.549. The molecule has 0 saturated carbocycles. The fourth-order valence-corrected chi connectivity index (χ4v) is 3.14. The van der Waals surface area contributed by atoms with Gasteiger partial charge in [0, 0.05) is 0 Å². The number of amides is 1. The van der Waals surface area contributed by atoms with E-state index in [1.165, 1.54) is 26.9 Å². The van der Waals surface area contributed by atoms with E-state index in [2.05, 4.69) is 48.5 Å². The number of nitrogens with two attached hydrogens (primary N) is 1. The van der Waals surface area contributed by atoms with Crippen LogP contribution in [0.4, 0.5) is 0 Å². The van der Waals surface area contributed by atoms with E-state index in [1.54, 1.807) is 0 Å². The molecule has 0 aliphatic rings. The van der Waals surface area contributed by atoms with E-state index >= 15 is 0 Å². The molecule has 0 radical (unpaired) electrons. The van der Waals surface area contributed by atoms with Crippen LogP contribution in [0.5, 0.6) is 0 Å². The van der Waals surface area contributed by atoms with Crippen molar-refractivity contribution in [3.63, 3.8) is 0 Å². The van der Waals surface area contributed by atoms with Crippen LogP contribution in [-0.2, 0) is 11.2 Å². The summed E-state index contributed by atoms with van der Waals surface area (Å²) in [5, 5.41) is 7.31. The average molecular weight is 259 g/mol. The van der Waals surface area contributed by atoms with Crippen molar-refractivity contribution in [1.82, 2.24) is 0 Å². The van der Waals surface area contributed by atoms with Crippen molar-refractivity contribution in [2.24, 2.45) is 5.73 Å². The van der Waals surface area contributed by atoms with Crippen LogP contribution in [0.2, 0.25) is 0 Å². The molecule has 0 fully saturated rings. The molecule has 0 atom stereocenters. The normalized spacial score (nSPS) is 11.6. The molecule has 2 N–H and O–H groups in total. The molecule has 4 rings (SSSR count). The van der Waals surface area contributed by atoms with E-state index in [4.69, 9.17) is 5.73 Å². The fourth-order valence-electron chi connectivity index (χ4n) is 3.14. The molecule has 96 valence electrons. The first-order chi connectivity index (χ1) is 9.74. The molecule has 1 amide bonds. The molecule has 20 heavy (non-hydrogen) atoms. The highest BCUT2D eigenvalue weighted by Crippen LogP contribution is 2.35. The van der Waals surface area contributed by atoms with Gasteiger partial charge in [-0.3, -0.25) is 4.79 Å². The minimum Gasteiger partial charge on any atom is -0.369 e. The zero-order valence-corrected chi connectivity index (χ0v) is 10.9. The highest BCUT2D eigenvalue weighted by Gasteiger charge is 2.11. The number of primary amides is 1. The predicted octanol–water partition coefficient (Wildman–Crippen LogP) is 3.61. The Bertz CT molecular complexity index is 940. The average Bonchev–Trinajstić information content (AvgIpc) is 2.46. The summed E-state index contributed by atoms with van der Waals surface area (Å²) in [6.45, 7) is 0. The van der Waals surface area contributed by atoms with Gasteiger partial charge in [0.15, 0.2) is 0 Å². The van der Waals surface area contributed by atoms with Gasteiger partial charge in [-0.1, -0.05) is 54.6 Å². The summed E-state index contributed by atoms with van der Waals surface area (Å²) in [7, 11) is 0.